The lowest BCUT2D eigenvalue weighted by molar-refractivity contribution is -0.119. The monoisotopic (exact) mass is 288 g/mol. The minimum absolute atomic E-state index is 0.195. The quantitative estimate of drug-likeness (QED) is 0.849. The second-order valence-electron chi connectivity index (χ2n) is 4.90. The number of hydrogen-bond acceptors (Lipinski definition) is 5. The van der Waals surface area contributed by atoms with Crippen LogP contribution < -0.4 is 4.90 Å². The van der Waals surface area contributed by atoms with Crippen LogP contribution in [0.2, 0.25) is 0 Å². The fourth-order valence-corrected chi connectivity index (χ4v) is 2.87. The molecule has 0 N–H and O–H groups in total. The standard InChI is InChI=1S/C14H16N4OS/c1-2-8-18(13(19)10-5-6-10)14-17-16-12(20-14)11-4-3-7-15-9-11/h3-4,7,9-10H,2,5-6,8H2,1H3. The van der Waals surface area contributed by atoms with Crippen molar-refractivity contribution in [2.24, 2.45) is 5.92 Å². The fourth-order valence-electron chi connectivity index (χ4n) is 2.00. The summed E-state index contributed by atoms with van der Waals surface area (Å²) in [6.45, 7) is 2.77. The predicted molar refractivity (Wildman–Crippen MR) is 78.5 cm³/mol. The van der Waals surface area contributed by atoms with Crippen molar-refractivity contribution in [2.75, 3.05) is 11.4 Å². The van der Waals surface area contributed by atoms with Crippen LogP contribution in [-0.2, 0) is 4.79 Å². The molecule has 1 fully saturated rings. The number of aromatic nitrogens is 3. The van der Waals surface area contributed by atoms with Gasteiger partial charge in [0.25, 0.3) is 0 Å². The van der Waals surface area contributed by atoms with E-state index in [0.717, 1.165) is 29.8 Å². The topological polar surface area (TPSA) is 59.0 Å². The van der Waals surface area contributed by atoms with E-state index < -0.39 is 0 Å². The van der Waals surface area contributed by atoms with E-state index in [4.69, 9.17) is 0 Å². The number of nitrogens with zero attached hydrogens (tertiary/aromatic N) is 4. The van der Waals surface area contributed by atoms with Crippen molar-refractivity contribution in [3.05, 3.63) is 24.5 Å². The highest BCUT2D eigenvalue weighted by atomic mass is 32.1. The molecule has 104 valence electrons. The smallest absolute Gasteiger partial charge is 0.231 e. The van der Waals surface area contributed by atoms with Gasteiger partial charge in [-0.25, -0.2) is 0 Å². The summed E-state index contributed by atoms with van der Waals surface area (Å²) >= 11 is 1.45. The summed E-state index contributed by atoms with van der Waals surface area (Å²) in [5.41, 5.74) is 0.937. The molecule has 2 heterocycles. The van der Waals surface area contributed by atoms with Crippen molar-refractivity contribution in [3.63, 3.8) is 0 Å². The number of hydrogen-bond donors (Lipinski definition) is 0. The molecule has 0 bridgehead atoms. The summed E-state index contributed by atoms with van der Waals surface area (Å²) in [4.78, 5) is 18.2. The molecule has 20 heavy (non-hydrogen) atoms. The molecule has 2 aromatic heterocycles. The molecule has 0 radical (unpaired) electrons. The lowest BCUT2D eigenvalue weighted by Gasteiger charge is -2.17. The van der Waals surface area contributed by atoms with Crippen LogP contribution in [0.3, 0.4) is 0 Å². The number of carbonyl (C=O) groups is 1. The molecule has 2 aromatic rings. The summed E-state index contributed by atoms with van der Waals surface area (Å²) in [7, 11) is 0. The van der Waals surface area contributed by atoms with Gasteiger partial charge in [0.05, 0.1) is 0 Å². The van der Waals surface area contributed by atoms with Crippen LogP contribution in [-0.4, -0.2) is 27.6 Å². The zero-order chi connectivity index (χ0) is 13.9. The van der Waals surface area contributed by atoms with Crippen molar-refractivity contribution in [1.29, 1.82) is 0 Å². The summed E-state index contributed by atoms with van der Waals surface area (Å²) < 4.78 is 0. The predicted octanol–water partition coefficient (Wildman–Crippen LogP) is 2.75. The molecule has 0 saturated heterocycles. The normalized spacial score (nSPS) is 14.2. The first-order chi connectivity index (χ1) is 9.79. The van der Waals surface area contributed by atoms with Crippen LogP contribution in [0.15, 0.2) is 24.5 Å². The molecule has 1 aliphatic rings. The summed E-state index contributed by atoms with van der Waals surface area (Å²) in [5, 5.41) is 9.88. The zero-order valence-corrected chi connectivity index (χ0v) is 12.1. The Morgan fingerprint density at radius 3 is 2.95 bits per heavy atom. The maximum Gasteiger partial charge on any atom is 0.231 e. The minimum atomic E-state index is 0.195. The van der Waals surface area contributed by atoms with E-state index in [1.54, 1.807) is 17.3 Å². The van der Waals surface area contributed by atoms with Gasteiger partial charge in [-0.3, -0.25) is 14.7 Å². The minimum Gasteiger partial charge on any atom is -0.286 e. The van der Waals surface area contributed by atoms with Gasteiger partial charge in [0.2, 0.25) is 11.0 Å². The van der Waals surface area contributed by atoms with Gasteiger partial charge in [0.15, 0.2) is 5.01 Å². The van der Waals surface area contributed by atoms with Gasteiger partial charge < -0.3 is 0 Å². The third kappa shape index (κ3) is 2.70. The lowest BCUT2D eigenvalue weighted by atomic mass is 10.3. The maximum absolute atomic E-state index is 12.3. The van der Waals surface area contributed by atoms with E-state index >= 15 is 0 Å². The summed E-state index contributed by atoms with van der Waals surface area (Å²) in [6.07, 6.45) is 6.42. The Labute approximate surface area is 121 Å². The Morgan fingerprint density at radius 1 is 1.45 bits per heavy atom. The highest BCUT2D eigenvalue weighted by molar-refractivity contribution is 7.18. The average molecular weight is 288 g/mol. The Hall–Kier alpha value is -1.82. The molecule has 1 amide bonds. The van der Waals surface area contributed by atoms with E-state index in [2.05, 4.69) is 22.1 Å². The molecule has 1 saturated carbocycles. The number of rotatable bonds is 5. The first-order valence-electron chi connectivity index (χ1n) is 6.85. The Morgan fingerprint density at radius 2 is 2.30 bits per heavy atom. The van der Waals surface area contributed by atoms with Gasteiger partial charge in [-0.2, -0.15) is 0 Å². The van der Waals surface area contributed by atoms with Gasteiger partial charge in [0, 0.05) is 30.4 Å². The Kier molecular flexibility index (Phi) is 3.73. The molecule has 5 nitrogen and oxygen atoms in total. The van der Waals surface area contributed by atoms with Crippen molar-refractivity contribution in [3.8, 4) is 10.6 Å². The van der Waals surface area contributed by atoms with Gasteiger partial charge >= 0.3 is 0 Å². The van der Waals surface area contributed by atoms with Crippen LogP contribution in [0.4, 0.5) is 5.13 Å². The van der Waals surface area contributed by atoms with Crippen LogP contribution in [0.1, 0.15) is 26.2 Å². The zero-order valence-electron chi connectivity index (χ0n) is 11.3. The van der Waals surface area contributed by atoms with E-state index in [0.29, 0.717) is 11.7 Å². The van der Waals surface area contributed by atoms with Crippen LogP contribution in [0.25, 0.3) is 10.6 Å². The molecule has 1 aliphatic carbocycles. The van der Waals surface area contributed by atoms with Gasteiger partial charge in [-0.1, -0.05) is 18.3 Å². The maximum atomic E-state index is 12.3. The number of anilines is 1. The Balaban J connectivity index is 1.85. The van der Waals surface area contributed by atoms with Crippen molar-refractivity contribution in [2.45, 2.75) is 26.2 Å². The Bertz CT molecular complexity index is 594. The van der Waals surface area contributed by atoms with E-state index in [1.807, 2.05) is 12.1 Å². The number of carbonyl (C=O) groups excluding carboxylic acids is 1. The molecule has 0 unspecified atom stereocenters. The van der Waals surface area contributed by atoms with Crippen LogP contribution in [0.5, 0.6) is 0 Å². The number of amides is 1. The van der Waals surface area contributed by atoms with Crippen LogP contribution >= 0.6 is 11.3 Å². The van der Waals surface area contributed by atoms with E-state index in [9.17, 15) is 4.79 Å². The lowest BCUT2D eigenvalue weighted by Crippen LogP contribution is -2.32. The van der Waals surface area contributed by atoms with Gasteiger partial charge in [-0.05, 0) is 31.4 Å². The molecule has 3 rings (SSSR count). The second-order valence-corrected chi connectivity index (χ2v) is 5.85. The molecule has 0 atom stereocenters. The highest BCUT2D eigenvalue weighted by Crippen LogP contribution is 2.35. The molecular formula is C14H16N4OS. The van der Waals surface area contributed by atoms with E-state index in [1.165, 1.54) is 11.3 Å². The SMILES string of the molecule is CCCN(C(=O)C1CC1)c1nnc(-c2cccnc2)s1. The van der Waals surface area contributed by atoms with Crippen molar-refractivity contribution < 1.29 is 4.79 Å². The fraction of sp³-hybridized carbons (Fsp3) is 0.429. The van der Waals surface area contributed by atoms with Crippen molar-refractivity contribution in [1.82, 2.24) is 15.2 Å². The van der Waals surface area contributed by atoms with E-state index in [-0.39, 0.29) is 11.8 Å². The highest BCUT2D eigenvalue weighted by Gasteiger charge is 2.35. The number of pyridine rings is 1. The second kappa shape index (κ2) is 5.66. The summed E-state index contributed by atoms with van der Waals surface area (Å²) in [5.74, 6) is 0.396. The molecule has 0 spiro atoms. The summed E-state index contributed by atoms with van der Waals surface area (Å²) in [6, 6.07) is 3.82. The molecular weight excluding hydrogens is 272 g/mol. The first kappa shape index (κ1) is 13.2. The average Bonchev–Trinajstić information content (AvgIpc) is 3.23. The third-order valence-corrected chi connectivity index (χ3v) is 4.19. The first-order valence-corrected chi connectivity index (χ1v) is 7.66. The van der Waals surface area contributed by atoms with Crippen LogP contribution in [0, 0.1) is 5.92 Å². The van der Waals surface area contributed by atoms with Gasteiger partial charge in [0.1, 0.15) is 0 Å². The van der Waals surface area contributed by atoms with Crippen molar-refractivity contribution >= 4 is 22.4 Å². The molecule has 6 heteroatoms. The van der Waals surface area contributed by atoms with Gasteiger partial charge in [-0.15, -0.1) is 10.2 Å². The molecule has 0 aromatic carbocycles. The third-order valence-electron chi connectivity index (χ3n) is 3.19. The largest absolute Gasteiger partial charge is 0.286 e. The molecule has 0 aliphatic heterocycles.